The van der Waals surface area contributed by atoms with E-state index in [-0.39, 0.29) is 46.0 Å². The van der Waals surface area contributed by atoms with E-state index in [2.05, 4.69) is 4.98 Å². The lowest BCUT2D eigenvalue weighted by molar-refractivity contribution is -0.0328. The molecule has 152 valence electrons. The van der Waals surface area contributed by atoms with Crippen LogP contribution in [0, 0.1) is 6.92 Å². The van der Waals surface area contributed by atoms with Gasteiger partial charge in [-0.15, -0.1) is 0 Å². The molecule has 3 aromatic rings. The minimum atomic E-state index is -4.43. The van der Waals surface area contributed by atoms with Gasteiger partial charge in [0.1, 0.15) is 0 Å². The van der Waals surface area contributed by atoms with Gasteiger partial charge in [-0.2, -0.15) is 13.2 Å². The van der Waals surface area contributed by atoms with Crippen molar-refractivity contribution < 1.29 is 23.1 Å². The van der Waals surface area contributed by atoms with Gasteiger partial charge in [-0.3, -0.25) is 14.3 Å². The van der Waals surface area contributed by atoms with Crippen molar-refractivity contribution in [1.29, 1.82) is 0 Å². The zero-order valence-electron chi connectivity index (χ0n) is 15.0. The van der Waals surface area contributed by atoms with E-state index in [0.717, 1.165) is 4.57 Å². The second-order valence-corrected chi connectivity index (χ2v) is 7.19. The van der Waals surface area contributed by atoms with E-state index in [4.69, 9.17) is 5.73 Å². The molecule has 11 heteroatoms. The molecule has 0 spiro atoms. The molecule has 7 nitrogen and oxygen atoms in total. The lowest BCUT2D eigenvalue weighted by Gasteiger charge is -2.08. The molecule has 1 amide bonds. The Balaban J connectivity index is 2.00. The molecule has 0 bridgehead atoms. The number of halogens is 3. The van der Waals surface area contributed by atoms with E-state index in [1.54, 1.807) is 0 Å². The van der Waals surface area contributed by atoms with E-state index in [0.29, 0.717) is 5.56 Å². The summed E-state index contributed by atoms with van der Waals surface area (Å²) in [6, 6.07) is 6.56. The van der Waals surface area contributed by atoms with Crippen molar-refractivity contribution in [2.24, 2.45) is 5.73 Å². The van der Waals surface area contributed by atoms with E-state index in [1.807, 2.05) is 0 Å². The largest absolute Gasteiger partial charge is 0.493 e. The van der Waals surface area contributed by atoms with Crippen molar-refractivity contribution in [2.45, 2.75) is 23.9 Å². The molecular weight excluding hydrogens is 409 g/mol. The highest BCUT2D eigenvalue weighted by molar-refractivity contribution is 8.00. The van der Waals surface area contributed by atoms with Crippen LogP contribution in [0.5, 0.6) is 5.88 Å². The van der Waals surface area contributed by atoms with Crippen molar-refractivity contribution in [3.05, 3.63) is 70.0 Å². The topological polar surface area (TPSA) is 103 Å². The van der Waals surface area contributed by atoms with Crippen molar-refractivity contribution in [3.8, 4) is 11.6 Å². The molecule has 0 saturated carbocycles. The summed E-state index contributed by atoms with van der Waals surface area (Å²) in [5.74, 6) is -1.07. The predicted molar refractivity (Wildman–Crippen MR) is 100 cm³/mol. The highest BCUT2D eigenvalue weighted by Crippen LogP contribution is 2.37. The zero-order valence-corrected chi connectivity index (χ0v) is 15.8. The van der Waals surface area contributed by atoms with Gasteiger partial charge in [-0.05, 0) is 54.6 Å². The summed E-state index contributed by atoms with van der Waals surface area (Å²) in [6.45, 7) is 1.46. The molecule has 3 N–H and O–H groups in total. The third-order valence-corrected chi connectivity index (χ3v) is 4.94. The van der Waals surface area contributed by atoms with Crippen LogP contribution in [0.1, 0.15) is 21.6 Å². The zero-order chi connectivity index (χ0) is 21.3. The smallest absolute Gasteiger partial charge is 0.446 e. The maximum Gasteiger partial charge on any atom is 0.446 e. The lowest BCUT2D eigenvalue weighted by atomic mass is 10.1. The number of hydrogen-bond donors (Lipinski definition) is 2. The number of pyridine rings is 1. The first kappa shape index (κ1) is 20.5. The normalized spacial score (nSPS) is 11.6. The van der Waals surface area contributed by atoms with Crippen LogP contribution >= 0.6 is 11.8 Å². The van der Waals surface area contributed by atoms with Gasteiger partial charge in [-0.1, -0.05) is 0 Å². The van der Waals surface area contributed by atoms with Crippen molar-refractivity contribution in [2.75, 3.05) is 0 Å². The van der Waals surface area contributed by atoms with Crippen LogP contribution < -0.4 is 11.4 Å². The van der Waals surface area contributed by atoms with E-state index in [1.165, 1.54) is 54.2 Å². The van der Waals surface area contributed by atoms with Crippen LogP contribution in [0.4, 0.5) is 13.2 Å². The summed E-state index contributed by atoms with van der Waals surface area (Å²) in [5, 5.41) is 10.4. The predicted octanol–water partition coefficient (Wildman–Crippen LogP) is 2.81. The molecule has 0 aliphatic heterocycles. The number of amides is 1. The average Bonchev–Trinajstić information content (AvgIpc) is 2.85. The fourth-order valence-corrected chi connectivity index (χ4v) is 3.35. The van der Waals surface area contributed by atoms with Gasteiger partial charge in [0.15, 0.2) is 0 Å². The maximum atomic E-state index is 12.9. The number of carbonyl (C=O) groups is 1. The second kappa shape index (κ2) is 7.66. The number of hydrogen-bond acceptors (Lipinski definition) is 5. The third kappa shape index (κ3) is 4.29. The number of benzene rings is 1. The van der Waals surface area contributed by atoms with Crippen LogP contribution in [0.2, 0.25) is 0 Å². The first-order valence-electron chi connectivity index (χ1n) is 8.18. The summed E-state index contributed by atoms with van der Waals surface area (Å²) < 4.78 is 39.6. The number of carbonyl (C=O) groups excluding carboxylic acids is 1. The van der Waals surface area contributed by atoms with Gasteiger partial charge >= 0.3 is 11.2 Å². The number of nitrogens with zero attached hydrogens (tertiary/aromatic N) is 3. The molecule has 0 aliphatic carbocycles. The number of aromatic hydroxyl groups is 1. The lowest BCUT2D eigenvalue weighted by Crippen LogP contribution is -2.25. The Morgan fingerprint density at radius 2 is 1.90 bits per heavy atom. The van der Waals surface area contributed by atoms with Crippen molar-refractivity contribution in [3.63, 3.8) is 0 Å². The number of aromatic nitrogens is 3. The number of alkyl halides is 3. The molecule has 2 aromatic heterocycles. The van der Waals surface area contributed by atoms with Crippen LogP contribution in [-0.4, -0.2) is 30.6 Å². The van der Waals surface area contributed by atoms with Crippen molar-refractivity contribution >= 4 is 17.7 Å². The fraction of sp³-hybridized carbons (Fsp3) is 0.167. The average molecular weight is 424 g/mol. The van der Waals surface area contributed by atoms with E-state index in [9.17, 15) is 27.9 Å². The van der Waals surface area contributed by atoms with Crippen LogP contribution in [-0.2, 0) is 6.54 Å². The molecule has 3 rings (SSSR count). The molecule has 2 heterocycles. The van der Waals surface area contributed by atoms with Crippen LogP contribution in [0.25, 0.3) is 5.69 Å². The first-order chi connectivity index (χ1) is 13.6. The summed E-state index contributed by atoms with van der Waals surface area (Å²) in [7, 11) is 0. The Labute approximate surface area is 166 Å². The molecule has 0 saturated heterocycles. The molecule has 0 aliphatic rings. The minimum absolute atomic E-state index is 0.0476. The van der Waals surface area contributed by atoms with Gasteiger partial charge in [-0.25, -0.2) is 9.36 Å². The monoisotopic (exact) mass is 424 g/mol. The molecule has 0 radical (unpaired) electrons. The van der Waals surface area contributed by atoms with Crippen molar-refractivity contribution in [1.82, 2.24) is 14.1 Å². The molecular formula is C18H15F3N4O3S. The fourth-order valence-electron chi connectivity index (χ4n) is 2.81. The molecule has 29 heavy (non-hydrogen) atoms. The van der Waals surface area contributed by atoms with Crippen LogP contribution in [0.3, 0.4) is 0 Å². The van der Waals surface area contributed by atoms with Crippen LogP contribution in [0.15, 0.2) is 52.4 Å². The summed E-state index contributed by atoms with van der Waals surface area (Å²) in [6.07, 6.45) is 2.72. The number of nitrogens with two attached hydrogens (primary N) is 1. The molecule has 0 fully saturated rings. The second-order valence-electron chi connectivity index (χ2n) is 6.05. The highest BCUT2D eigenvalue weighted by atomic mass is 32.2. The number of rotatable bonds is 5. The van der Waals surface area contributed by atoms with Gasteiger partial charge in [0.25, 0.3) is 5.91 Å². The Hall–Kier alpha value is -3.21. The Morgan fingerprint density at radius 3 is 2.48 bits per heavy atom. The van der Waals surface area contributed by atoms with E-state index < -0.39 is 17.1 Å². The summed E-state index contributed by atoms with van der Waals surface area (Å²) in [4.78, 5) is 28.2. The standard InChI is InChI=1S/C18H15F3N4O3S/c1-10-16(27)25(12-2-4-13(5-3-12)29-18(19,20)21)17(28)24(10)9-11-6-7-23-8-14(11)15(22)26/h2-8,27H,9H2,1H3,(H2,22,26). The van der Waals surface area contributed by atoms with Gasteiger partial charge < -0.3 is 10.8 Å². The number of thioether (sulfide) groups is 1. The Bertz CT molecular complexity index is 1120. The van der Waals surface area contributed by atoms with Gasteiger partial charge in [0, 0.05) is 17.3 Å². The van der Waals surface area contributed by atoms with Gasteiger partial charge in [0.05, 0.1) is 23.5 Å². The quantitative estimate of drug-likeness (QED) is 0.613. The SMILES string of the molecule is Cc1c(O)n(-c2ccc(SC(F)(F)F)cc2)c(=O)n1Cc1ccncc1C(N)=O. The molecule has 1 aromatic carbocycles. The first-order valence-corrected chi connectivity index (χ1v) is 9.00. The number of primary amides is 1. The minimum Gasteiger partial charge on any atom is -0.493 e. The molecule has 0 atom stereocenters. The van der Waals surface area contributed by atoms with Gasteiger partial charge in [0.2, 0.25) is 5.88 Å². The highest BCUT2D eigenvalue weighted by Gasteiger charge is 2.29. The maximum absolute atomic E-state index is 12.9. The Kier molecular flexibility index (Phi) is 5.42. The summed E-state index contributed by atoms with van der Waals surface area (Å²) >= 11 is -0.277. The van der Waals surface area contributed by atoms with E-state index >= 15 is 0 Å². The third-order valence-electron chi connectivity index (χ3n) is 4.20. The summed E-state index contributed by atoms with van der Waals surface area (Å²) in [5.41, 5.74) is 1.27. The Morgan fingerprint density at radius 1 is 1.24 bits per heavy atom. The number of imidazole rings is 1. The molecule has 0 unspecified atom stereocenters.